The number of carbonyl (C=O) groups is 1. The maximum absolute atomic E-state index is 13.9. The third-order valence-corrected chi connectivity index (χ3v) is 6.46. The van der Waals surface area contributed by atoms with E-state index in [4.69, 9.17) is 1.37 Å². The van der Waals surface area contributed by atoms with Crippen molar-refractivity contribution < 1.29 is 29.2 Å². The summed E-state index contributed by atoms with van der Waals surface area (Å²) in [7, 11) is 0. The molecule has 214 valence electrons. The lowest BCUT2D eigenvalue weighted by molar-refractivity contribution is -0.274. The van der Waals surface area contributed by atoms with Gasteiger partial charge in [-0.3, -0.25) is 19.1 Å². The third kappa shape index (κ3) is 6.38. The van der Waals surface area contributed by atoms with Crippen LogP contribution in [0.3, 0.4) is 0 Å². The average Bonchev–Trinajstić information content (AvgIpc) is 2.97. The molecule has 42 heavy (non-hydrogen) atoms. The second kappa shape index (κ2) is 11.7. The summed E-state index contributed by atoms with van der Waals surface area (Å²) in [4.78, 5) is 41.9. The number of hydrogen-bond acceptors (Lipinski definition) is 7. The molecule has 5 rings (SSSR count). The van der Waals surface area contributed by atoms with Crippen molar-refractivity contribution in [1.82, 2.24) is 24.4 Å². The Labute approximate surface area is 238 Å². The number of aromatic nitrogens is 4. The Balaban J connectivity index is 1.58. The number of benzene rings is 2. The minimum Gasteiger partial charge on any atom is -0.508 e. The number of ether oxygens (including phenoxy) is 1. The van der Waals surface area contributed by atoms with Crippen LogP contribution in [-0.4, -0.2) is 41.8 Å². The fourth-order valence-electron chi connectivity index (χ4n) is 4.46. The second-order valence-electron chi connectivity index (χ2n) is 9.34. The van der Waals surface area contributed by atoms with Gasteiger partial charge in [0.2, 0.25) is 5.91 Å². The number of halogens is 3. The van der Waals surface area contributed by atoms with Crippen LogP contribution in [0.15, 0.2) is 96.2 Å². The van der Waals surface area contributed by atoms with Crippen molar-refractivity contribution in [2.24, 2.45) is 0 Å². The van der Waals surface area contributed by atoms with Gasteiger partial charge in [0, 0.05) is 25.1 Å². The van der Waals surface area contributed by atoms with Crippen molar-refractivity contribution >= 4 is 16.9 Å². The Morgan fingerprint density at radius 1 is 1.05 bits per heavy atom. The van der Waals surface area contributed by atoms with Gasteiger partial charge in [-0.2, -0.15) is 0 Å². The molecule has 0 saturated carbocycles. The Kier molecular flexibility index (Phi) is 7.50. The first-order valence-electron chi connectivity index (χ1n) is 13.2. The number of phenolic OH excluding ortho intramolecular Hbond substituents is 1. The van der Waals surface area contributed by atoms with Crippen LogP contribution in [0.5, 0.6) is 11.5 Å². The Hall–Kier alpha value is -5.26. The van der Waals surface area contributed by atoms with Gasteiger partial charge in [0.25, 0.3) is 5.56 Å². The third-order valence-electron chi connectivity index (χ3n) is 6.46. The first-order valence-corrected chi connectivity index (χ1v) is 12.7. The van der Waals surface area contributed by atoms with E-state index < -0.39 is 29.6 Å². The number of hydrogen-bond donors (Lipinski definition) is 1. The van der Waals surface area contributed by atoms with Gasteiger partial charge in [0.1, 0.15) is 17.3 Å². The molecule has 0 bridgehead atoms. The summed E-state index contributed by atoms with van der Waals surface area (Å²) >= 11 is 0. The number of carbonyl (C=O) groups excluding carboxylic acids is 1. The van der Waals surface area contributed by atoms with E-state index in [0.29, 0.717) is 16.8 Å². The molecular formula is C30H24F3N5O4. The topological polar surface area (TPSA) is 110 Å². The Morgan fingerprint density at radius 3 is 2.45 bits per heavy atom. The number of pyridine rings is 2. The molecule has 0 saturated heterocycles. The zero-order valence-electron chi connectivity index (χ0n) is 23.1. The number of fused-ring (bicyclic) bond motifs is 1. The summed E-state index contributed by atoms with van der Waals surface area (Å²) in [6, 6.07) is 16.5. The molecule has 0 unspecified atom stereocenters. The highest BCUT2D eigenvalue weighted by Crippen LogP contribution is 2.27. The number of aromatic hydroxyl groups is 1. The van der Waals surface area contributed by atoms with E-state index >= 15 is 0 Å². The number of amides is 1. The second-order valence-corrected chi connectivity index (χ2v) is 9.34. The summed E-state index contributed by atoms with van der Waals surface area (Å²) in [5, 5.41) is 10.1. The van der Waals surface area contributed by atoms with Gasteiger partial charge < -0.3 is 14.7 Å². The van der Waals surface area contributed by atoms with Crippen molar-refractivity contribution in [3.8, 4) is 17.2 Å². The van der Waals surface area contributed by atoms with Crippen molar-refractivity contribution in [2.45, 2.75) is 32.3 Å². The fourth-order valence-corrected chi connectivity index (χ4v) is 4.46. The molecule has 0 aliphatic rings. The zero-order chi connectivity index (χ0) is 30.7. The van der Waals surface area contributed by atoms with E-state index in [1.54, 1.807) is 31.2 Å². The van der Waals surface area contributed by atoms with Gasteiger partial charge in [0.15, 0.2) is 5.65 Å². The molecule has 5 aromatic rings. The lowest BCUT2D eigenvalue weighted by Crippen LogP contribution is -2.38. The average molecular weight is 578 g/mol. The van der Waals surface area contributed by atoms with Crippen LogP contribution in [0.25, 0.3) is 16.7 Å². The monoisotopic (exact) mass is 577 g/mol. The smallest absolute Gasteiger partial charge is 0.508 e. The van der Waals surface area contributed by atoms with Gasteiger partial charge in [-0.05, 0) is 72.6 Å². The maximum Gasteiger partial charge on any atom is 0.573 e. The molecule has 3 heterocycles. The van der Waals surface area contributed by atoms with Crippen molar-refractivity contribution in [3.05, 3.63) is 119 Å². The summed E-state index contributed by atoms with van der Waals surface area (Å²) in [6.07, 6.45) is -2.17. The van der Waals surface area contributed by atoms with E-state index in [2.05, 4.69) is 19.7 Å². The Bertz CT molecular complexity index is 1830. The SMILES string of the molecule is [3H]c1ncccc1CN(C(=O)Cc1ccc(OC(F)(F)F)cc1)[C@H](C)c1nc2ncccc2c(=O)n1-c1ccc(O)cc1. The molecule has 0 aliphatic heterocycles. The summed E-state index contributed by atoms with van der Waals surface area (Å²) in [5.41, 5.74) is 0.950. The molecule has 9 nitrogen and oxygen atoms in total. The highest BCUT2D eigenvalue weighted by Gasteiger charge is 2.31. The minimum atomic E-state index is -4.85. The van der Waals surface area contributed by atoms with Gasteiger partial charge in [-0.15, -0.1) is 13.2 Å². The lowest BCUT2D eigenvalue weighted by atomic mass is 10.1. The van der Waals surface area contributed by atoms with Crippen molar-refractivity contribution in [2.75, 3.05) is 0 Å². The number of alkyl halides is 3. The van der Waals surface area contributed by atoms with E-state index in [1.165, 1.54) is 58.3 Å². The first kappa shape index (κ1) is 26.9. The normalized spacial score (nSPS) is 12.5. The minimum absolute atomic E-state index is 0.00942. The highest BCUT2D eigenvalue weighted by molar-refractivity contribution is 5.79. The molecule has 1 amide bonds. The molecule has 1 N–H and O–H groups in total. The van der Waals surface area contributed by atoms with Crippen molar-refractivity contribution in [3.63, 3.8) is 0 Å². The molecule has 3 aromatic heterocycles. The van der Waals surface area contributed by atoms with E-state index in [-0.39, 0.29) is 41.7 Å². The molecule has 0 aliphatic carbocycles. The number of phenols is 1. The quantitative estimate of drug-likeness (QED) is 0.273. The number of nitrogens with zero attached hydrogens (tertiary/aromatic N) is 5. The molecule has 1 atom stereocenters. The van der Waals surface area contributed by atoms with E-state index in [0.717, 1.165) is 12.1 Å². The van der Waals surface area contributed by atoms with Gasteiger partial charge in [0.05, 0.1) is 24.9 Å². The maximum atomic E-state index is 13.9. The molecular weight excluding hydrogens is 551 g/mol. The molecule has 0 radical (unpaired) electrons. The largest absolute Gasteiger partial charge is 0.573 e. The molecule has 12 heteroatoms. The van der Waals surface area contributed by atoms with Crippen LogP contribution in [0.1, 0.15) is 31.3 Å². The van der Waals surface area contributed by atoms with Crippen molar-refractivity contribution in [1.29, 1.82) is 0 Å². The number of rotatable bonds is 8. The standard InChI is InChI=1S/C30H24F3N5O4/c1-19(28-36-27-25(5-3-15-35-27)29(41)38(28)22-8-10-23(39)11-9-22)37(18-21-4-2-14-34-17-21)26(40)16-20-6-12-24(13-7-20)42-30(31,32)33/h2-15,17,19,39H,16,18H2,1H3/t19-/m1/s1/i17T. The van der Waals surface area contributed by atoms with Crippen LogP contribution in [-0.2, 0) is 17.8 Å². The van der Waals surface area contributed by atoms with Crippen LogP contribution in [0, 0.1) is 0 Å². The zero-order valence-corrected chi connectivity index (χ0v) is 22.1. The summed E-state index contributed by atoms with van der Waals surface area (Å²) in [6.45, 7) is 1.60. The molecule has 2 aromatic carbocycles. The van der Waals surface area contributed by atoms with Crippen LogP contribution >= 0.6 is 0 Å². The van der Waals surface area contributed by atoms with Gasteiger partial charge in [-0.1, -0.05) is 18.2 Å². The molecule has 0 spiro atoms. The van der Waals surface area contributed by atoms with Gasteiger partial charge >= 0.3 is 6.36 Å². The predicted molar refractivity (Wildman–Crippen MR) is 147 cm³/mol. The van der Waals surface area contributed by atoms with Gasteiger partial charge in [-0.25, -0.2) is 9.97 Å². The van der Waals surface area contributed by atoms with E-state index in [9.17, 15) is 27.9 Å². The first-order chi connectivity index (χ1) is 20.5. The van der Waals surface area contributed by atoms with Crippen LogP contribution in [0.4, 0.5) is 13.2 Å². The highest BCUT2D eigenvalue weighted by atomic mass is 19.4. The van der Waals surface area contributed by atoms with Crippen LogP contribution in [0.2, 0.25) is 0 Å². The summed E-state index contributed by atoms with van der Waals surface area (Å²) in [5.74, 6) is -0.716. The lowest BCUT2D eigenvalue weighted by Gasteiger charge is -2.30. The Morgan fingerprint density at radius 2 is 1.76 bits per heavy atom. The predicted octanol–water partition coefficient (Wildman–Crippen LogP) is 5.11. The van der Waals surface area contributed by atoms with Crippen LogP contribution < -0.4 is 10.3 Å². The molecule has 0 fully saturated rings. The fraction of sp³-hybridized carbons (Fsp3) is 0.167. The van der Waals surface area contributed by atoms with E-state index in [1.807, 2.05) is 0 Å². The summed E-state index contributed by atoms with van der Waals surface area (Å²) < 4.78 is 51.3.